The summed E-state index contributed by atoms with van der Waals surface area (Å²) < 4.78 is 0. The number of rotatable bonds is 4. The lowest BCUT2D eigenvalue weighted by Gasteiger charge is -2.24. The molecule has 0 nitrogen and oxygen atoms in total. The van der Waals surface area contributed by atoms with E-state index in [9.17, 15) is 0 Å². The van der Waals surface area contributed by atoms with E-state index in [-0.39, 0.29) is 0 Å². The summed E-state index contributed by atoms with van der Waals surface area (Å²) in [6.07, 6.45) is 0. The Hall–Kier alpha value is 1.92. The van der Waals surface area contributed by atoms with Crippen LogP contribution in [0.2, 0.25) is 0 Å². The fraction of sp³-hybridized carbons (Fsp3) is 1.00. The predicted octanol–water partition coefficient (Wildman–Crippen LogP) is 4.58. The van der Waals surface area contributed by atoms with Crippen LogP contribution in [0.3, 0.4) is 0 Å². The Balaban J connectivity index is 0. The summed E-state index contributed by atoms with van der Waals surface area (Å²) >= 11 is 13.9. The molecule has 0 aliphatic rings. The molecule has 70 valence electrons. The lowest BCUT2D eigenvalue weighted by atomic mass is 10.0. The first-order chi connectivity index (χ1) is 5.24. The highest BCUT2D eigenvalue weighted by Gasteiger charge is 2.24. The average molecular weight is 418 g/mol. The van der Waals surface area contributed by atoms with Crippen LogP contribution >= 0.6 is 63.7 Å². The molecule has 0 aromatic carbocycles. The van der Waals surface area contributed by atoms with E-state index in [2.05, 4.69) is 63.7 Å². The van der Waals surface area contributed by atoms with Gasteiger partial charge in [-0.2, -0.15) is 0 Å². The van der Waals surface area contributed by atoms with E-state index >= 15 is 0 Å². The number of hydrogen-bond donors (Lipinski definition) is 0. The van der Waals surface area contributed by atoms with Gasteiger partial charge in [-0.1, -0.05) is 77.6 Å². The Morgan fingerprint density at radius 2 is 0.909 bits per heavy atom. The van der Waals surface area contributed by atoms with Crippen molar-refractivity contribution < 1.29 is 0 Å². The van der Waals surface area contributed by atoms with E-state index in [4.69, 9.17) is 0 Å². The van der Waals surface area contributed by atoms with Crippen molar-refractivity contribution in [3.05, 3.63) is 0 Å². The van der Waals surface area contributed by atoms with Crippen LogP contribution in [0, 0.1) is 5.41 Å². The second-order valence-corrected chi connectivity index (χ2v) is 4.28. The summed E-state index contributed by atoms with van der Waals surface area (Å²) in [4.78, 5) is 0. The van der Waals surface area contributed by atoms with Crippen LogP contribution in [-0.4, -0.2) is 21.3 Å². The Bertz CT molecular complexity index is 53.3. The van der Waals surface area contributed by atoms with Gasteiger partial charge in [-0.15, -0.1) is 0 Å². The molecule has 0 spiro atoms. The van der Waals surface area contributed by atoms with Gasteiger partial charge in [0.2, 0.25) is 0 Å². The molecule has 0 aliphatic heterocycles. The Labute approximate surface area is 103 Å². The summed E-state index contributed by atoms with van der Waals surface area (Å²) in [5.74, 6) is 0. The highest BCUT2D eigenvalue weighted by atomic mass is 79.9. The van der Waals surface area contributed by atoms with Gasteiger partial charge in [0.05, 0.1) is 0 Å². The largest absolute Gasteiger partial charge is 0.0921 e. The zero-order valence-electron chi connectivity index (χ0n) is 6.84. The number of alkyl halides is 4. The van der Waals surface area contributed by atoms with Crippen molar-refractivity contribution in [2.45, 2.75) is 13.8 Å². The summed E-state index contributed by atoms with van der Waals surface area (Å²) in [7, 11) is 0. The fourth-order valence-corrected chi connectivity index (χ4v) is 5.79. The molecular formula is C7H14Br4. The topological polar surface area (TPSA) is 0 Å². The lowest BCUT2D eigenvalue weighted by molar-refractivity contribution is 0.532. The normalized spacial score (nSPS) is 10.4. The summed E-state index contributed by atoms with van der Waals surface area (Å²) in [5, 5.41) is 4.06. The van der Waals surface area contributed by atoms with E-state index in [1.165, 1.54) is 0 Å². The molecule has 0 heterocycles. The lowest BCUT2D eigenvalue weighted by Crippen LogP contribution is -2.28. The standard InChI is InChI=1S/C5H8Br4.C2H6/c6-1-5(2-7,3-8)4-9;1-2/h1-4H2;1-2H3. The Kier molecular flexibility index (Phi) is 14.0. The van der Waals surface area contributed by atoms with E-state index in [1.807, 2.05) is 13.8 Å². The minimum absolute atomic E-state index is 0.333. The molecule has 4 heteroatoms. The van der Waals surface area contributed by atoms with Gasteiger partial charge in [-0.25, -0.2) is 0 Å². The molecule has 0 aromatic heterocycles. The summed E-state index contributed by atoms with van der Waals surface area (Å²) in [6, 6.07) is 0. The third-order valence-corrected chi connectivity index (χ3v) is 5.89. The third kappa shape index (κ3) is 6.05. The van der Waals surface area contributed by atoms with Gasteiger partial charge in [-0.3, -0.25) is 0 Å². The van der Waals surface area contributed by atoms with E-state index in [0.29, 0.717) is 5.41 Å². The molecule has 0 radical (unpaired) electrons. The van der Waals surface area contributed by atoms with Gasteiger partial charge < -0.3 is 0 Å². The second-order valence-electron chi connectivity index (χ2n) is 2.03. The van der Waals surface area contributed by atoms with Crippen molar-refractivity contribution in [3.8, 4) is 0 Å². The van der Waals surface area contributed by atoms with Gasteiger partial charge in [-0.05, 0) is 0 Å². The molecule has 0 amide bonds. The quantitative estimate of drug-likeness (QED) is 0.587. The van der Waals surface area contributed by atoms with Crippen molar-refractivity contribution >= 4 is 63.7 Å². The van der Waals surface area contributed by atoms with Crippen LogP contribution in [0.15, 0.2) is 0 Å². The van der Waals surface area contributed by atoms with Crippen LogP contribution in [0.1, 0.15) is 13.8 Å². The van der Waals surface area contributed by atoms with E-state index in [0.717, 1.165) is 21.3 Å². The van der Waals surface area contributed by atoms with Crippen molar-refractivity contribution in [2.75, 3.05) is 21.3 Å². The van der Waals surface area contributed by atoms with Crippen molar-refractivity contribution in [3.63, 3.8) is 0 Å². The molecule has 0 N–H and O–H groups in total. The van der Waals surface area contributed by atoms with Crippen molar-refractivity contribution in [1.82, 2.24) is 0 Å². The van der Waals surface area contributed by atoms with Gasteiger partial charge in [0.25, 0.3) is 0 Å². The molecule has 0 atom stereocenters. The molecule has 0 bridgehead atoms. The van der Waals surface area contributed by atoms with Crippen molar-refractivity contribution in [1.29, 1.82) is 0 Å². The van der Waals surface area contributed by atoms with Crippen LogP contribution in [0.5, 0.6) is 0 Å². The predicted molar refractivity (Wildman–Crippen MR) is 69.0 cm³/mol. The molecule has 0 rings (SSSR count). The number of halogens is 4. The first-order valence-corrected chi connectivity index (χ1v) is 7.97. The van der Waals surface area contributed by atoms with Gasteiger partial charge >= 0.3 is 0 Å². The fourth-order valence-electron chi connectivity index (χ4n) is 0.214. The second kappa shape index (κ2) is 10.0. The van der Waals surface area contributed by atoms with Gasteiger partial charge in [0.1, 0.15) is 0 Å². The Morgan fingerprint density at radius 1 is 0.727 bits per heavy atom. The van der Waals surface area contributed by atoms with E-state index in [1.54, 1.807) is 0 Å². The molecule has 0 saturated heterocycles. The molecule has 11 heavy (non-hydrogen) atoms. The smallest absolute Gasteiger partial charge is 0.0112 e. The molecule has 0 saturated carbocycles. The molecule has 0 fully saturated rings. The third-order valence-electron chi connectivity index (χ3n) is 1.13. The first-order valence-electron chi connectivity index (χ1n) is 3.48. The average Bonchev–Trinajstić information content (AvgIpc) is 2.13. The summed E-state index contributed by atoms with van der Waals surface area (Å²) in [5.41, 5.74) is 0.333. The molecule has 0 aromatic rings. The molecule has 0 aliphatic carbocycles. The summed E-state index contributed by atoms with van der Waals surface area (Å²) in [6.45, 7) is 4.00. The highest BCUT2D eigenvalue weighted by molar-refractivity contribution is 9.11. The maximum Gasteiger partial charge on any atom is 0.0112 e. The maximum atomic E-state index is 3.46. The van der Waals surface area contributed by atoms with Crippen LogP contribution in [0.4, 0.5) is 0 Å². The zero-order valence-corrected chi connectivity index (χ0v) is 13.2. The van der Waals surface area contributed by atoms with Crippen LogP contribution < -0.4 is 0 Å². The molecule has 0 unspecified atom stereocenters. The van der Waals surface area contributed by atoms with Gasteiger partial charge in [0.15, 0.2) is 0 Å². The highest BCUT2D eigenvalue weighted by Crippen LogP contribution is 2.27. The Morgan fingerprint density at radius 3 is 0.909 bits per heavy atom. The van der Waals surface area contributed by atoms with Crippen molar-refractivity contribution in [2.24, 2.45) is 5.41 Å². The minimum atomic E-state index is 0.333. The first kappa shape index (κ1) is 15.4. The zero-order chi connectivity index (χ0) is 9.33. The van der Waals surface area contributed by atoms with Crippen LogP contribution in [-0.2, 0) is 0 Å². The minimum Gasteiger partial charge on any atom is -0.0921 e. The molecular weight excluding hydrogens is 404 g/mol. The maximum absolute atomic E-state index is 3.46. The van der Waals surface area contributed by atoms with E-state index < -0.39 is 0 Å². The van der Waals surface area contributed by atoms with Gasteiger partial charge in [0, 0.05) is 26.7 Å². The number of hydrogen-bond acceptors (Lipinski definition) is 0. The monoisotopic (exact) mass is 414 g/mol. The van der Waals surface area contributed by atoms with Crippen LogP contribution in [0.25, 0.3) is 0 Å². The SMILES string of the molecule is BrCC(CBr)(CBr)CBr.CC.